The molecule has 0 aliphatic heterocycles. The molecule has 0 aliphatic carbocycles. The maximum absolute atomic E-state index is 12.7. The fourth-order valence-corrected chi connectivity index (χ4v) is 2.81. The Morgan fingerprint density at radius 1 is 1.19 bits per heavy atom. The molecule has 3 rings (SSSR count). The minimum Gasteiger partial charge on any atom is -0.347 e. The highest BCUT2D eigenvalue weighted by molar-refractivity contribution is 6.35. The van der Waals surface area contributed by atoms with Gasteiger partial charge >= 0.3 is 6.18 Å². The summed E-state index contributed by atoms with van der Waals surface area (Å²) in [7, 11) is 0. The Morgan fingerprint density at radius 2 is 1.96 bits per heavy atom. The highest BCUT2D eigenvalue weighted by atomic mass is 35.5. The summed E-state index contributed by atoms with van der Waals surface area (Å²) in [6, 6.07) is 7.12. The van der Waals surface area contributed by atoms with Gasteiger partial charge in [0.25, 0.3) is 0 Å². The number of imidazole rings is 1. The second-order valence-corrected chi connectivity index (χ2v) is 6.47. The molecule has 0 unspecified atom stereocenters. The molecule has 0 bridgehead atoms. The highest BCUT2D eigenvalue weighted by Crippen LogP contribution is 2.29. The fourth-order valence-electron chi connectivity index (χ4n) is 2.34. The number of carbonyl (C=O) groups excluding carboxylic acids is 1. The van der Waals surface area contributed by atoms with E-state index in [9.17, 15) is 18.0 Å². The van der Waals surface area contributed by atoms with Crippen LogP contribution in [0.2, 0.25) is 10.0 Å². The number of nitrogens with one attached hydrogen (secondary N) is 1. The summed E-state index contributed by atoms with van der Waals surface area (Å²) in [5.74, 6) is -0.394. The van der Waals surface area contributed by atoms with Crippen LogP contribution in [0.15, 0.2) is 48.8 Å². The molecule has 4 nitrogen and oxygen atoms in total. The fraction of sp³-hybridized carbons (Fsp3) is 0.111. The third-order valence-electron chi connectivity index (χ3n) is 3.65. The zero-order valence-electron chi connectivity index (χ0n) is 13.6. The van der Waals surface area contributed by atoms with E-state index in [1.165, 1.54) is 28.8 Å². The molecule has 1 amide bonds. The third-order valence-corrected chi connectivity index (χ3v) is 4.21. The van der Waals surface area contributed by atoms with Gasteiger partial charge in [-0.2, -0.15) is 13.2 Å². The molecule has 2 heterocycles. The SMILES string of the molecule is O=C(/C=C/c1ccc(Cl)cc1Cl)NCc1cn2cc(C(F)(F)F)ccc2n1. The van der Waals surface area contributed by atoms with Crippen molar-refractivity contribution in [2.45, 2.75) is 12.7 Å². The van der Waals surface area contributed by atoms with Crippen molar-refractivity contribution in [3.05, 3.63) is 75.7 Å². The molecule has 27 heavy (non-hydrogen) atoms. The average Bonchev–Trinajstić information content (AvgIpc) is 3.00. The number of aromatic nitrogens is 2. The van der Waals surface area contributed by atoms with E-state index < -0.39 is 17.6 Å². The van der Waals surface area contributed by atoms with E-state index in [1.807, 2.05) is 0 Å². The Hall–Kier alpha value is -2.51. The maximum atomic E-state index is 12.7. The minimum atomic E-state index is -4.43. The number of fused-ring (bicyclic) bond motifs is 1. The number of alkyl halides is 3. The van der Waals surface area contributed by atoms with Crippen LogP contribution in [0.25, 0.3) is 11.7 Å². The first-order chi connectivity index (χ1) is 12.7. The largest absolute Gasteiger partial charge is 0.417 e. The number of halogens is 5. The van der Waals surface area contributed by atoms with Crippen LogP contribution in [-0.2, 0) is 17.5 Å². The van der Waals surface area contributed by atoms with Crippen molar-refractivity contribution in [3.8, 4) is 0 Å². The molecule has 0 saturated carbocycles. The molecule has 1 N–H and O–H groups in total. The quantitative estimate of drug-likeness (QED) is 0.612. The molecule has 0 radical (unpaired) electrons. The molecule has 2 aromatic heterocycles. The lowest BCUT2D eigenvalue weighted by molar-refractivity contribution is -0.137. The topological polar surface area (TPSA) is 46.4 Å². The summed E-state index contributed by atoms with van der Waals surface area (Å²) in [5.41, 5.74) is 0.644. The monoisotopic (exact) mass is 413 g/mol. The molecule has 1 aromatic carbocycles. The van der Waals surface area contributed by atoms with E-state index in [-0.39, 0.29) is 6.54 Å². The summed E-state index contributed by atoms with van der Waals surface area (Å²) in [4.78, 5) is 16.1. The number of rotatable bonds is 4. The lowest BCUT2D eigenvalue weighted by Gasteiger charge is -2.05. The van der Waals surface area contributed by atoms with Crippen molar-refractivity contribution in [1.29, 1.82) is 0 Å². The van der Waals surface area contributed by atoms with E-state index in [1.54, 1.807) is 18.2 Å². The van der Waals surface area contributed by atoms with E-state index in [0.29, 0.717) is 26.9 Å². The van der Waals surface area contributed by atoms with E-state index in [4.69, 9.17) is 23.2 Å². The summed E-state index contributed by atoms with van der Waals surface area (Å²) in [5, 5.41) is 3.51. The zero-order chi connectivity index (χ0) is 19.6. The van der Waals surface area contributed by atoms with Crippen molar-refractivity contribution < 1.29 is 18.0 Å². The molecule has 0 fully saturated rings. The molecule has 0 atom stereocenters. The van der Waals surface area contributed by atoms with Gasteiger partial charge < -0.3 is 9.72 Å². The first-order valence-electron chi connectivity index (χ1n) is 7.68. The number of carbonyl (C=O) groups is 1. The van der Waals surface area contributed by atoms with Crippen molar-refractivity contribution in [2.75, 3.05) is 0 Å². The zero-order valence-corrected chi connectivity index (χ0v) is 15.1. The van der Waals surface area contributed by atoms with Gasteiger partial charge in [0.2, 0.25) is 5.91 Å². The summed E-state index contributed by atoms with van der Waals surface area (Å²) in [6.07, 6.45) is 0.793. The molecule has 140 valence electrons. The Balaban J connectivity index is 1.65. The molecular formula is C18H12Cl2F3N3O. The van der Waals surface area contributed by atoms with E-state index in [2.05, 4.69) is 10.3 Å². The predicted molar refractivity (Wildman–Crippen MR) is 97.5 cm³/mol. The third kappa shape index (κ3) is 4.81. The van der Waals surface area contributed by atoms with Gasteiger partial charge in [0.05, 0.1) is 17.8 Å². The van der Waals surface area contributed by atoms with Crippen LogP contribution < -0.4 is 5.32 Å². The Bertz CT molecular complexity index is 1030. The van der Waals surface area contributed by atoms with Crippen LogP contribution >= 0.6 is 23.2 Å². The van der Waals surface area contributed by atoms with Gasteiger partial charge in [-0.1, -0.05) is 29.3 Å². The number of pyridine rings is 1. The number of benzene rings is 1. The summed E-state index contributed by atoms with van der Waals surface area (Å²) >= 11 is 11.8. The lowest BCUT2D eigenvalue weighted by Crippen LogP contribution is -2.20. The first kappa shape index (κ1) is 19.3. The Morgan fingerprint density at radius 3 is 2.67 bits per heavy atom. The van der Waals surface area contributed by atoms with Gasteiger partial charge in [-0.15, -0.1) is 0 Å². The van der Waals surface area contributed by atoms with Crippen LogP contribution in [0, 0.1) is 0 Å². The molecule has 3 aromatic rings. The van der Waals surface area contributed by atoms with Crippen molar-refractivity contribution in [2.24, 2.45) is 0 Å². The van der Waals surface area contributed by atoms with Crippen LogP contribution in [0.1, 0.15) is 16.8 Å². The standard InChI is InChI=1S/C18H12Cl2F3N3O/c19-13-4-1-11(15(20)7-13)2-6-17(27)24-8-14-10-26-9-12(18(21,22)23)3-5-16(26)25-14/h1-7,9-10H,8H2,(H,24,27)/b6-2+. The van der Waals surface area contributed by atoms with Crippen LogP contribution in [0.5, 0.6) is 0 Å². The number of hydrogen-bond acceptors (Lipinski definition) is 2. The second kappa shape index (κ2) is 7.62. The van der Waals surface area contributed by atoms with Crippen LogP contribution in [-0.4, -0.2) is 15.3 Å². The van der Waals surface area contributed by atoms with Crippen molar-refractivity contribution >= 4 is 40.8 Å². The number of nitrogens with zero attached hydrogens (tertiary/aromatic N) is 2. The van der Waals surface area contributed by atoms with Gasteiger partial charge in [-0.25, -0.2) is 4.98 Å². The van der Waals surface area contributed by atoms with E-state index >= 15 is 0 Å². The van der Waals surface area contributed by atoms with Gasteiger partial charge in [0, 0.05) is 28.5 Å². The normalized spacial score (nSPS) is 12.0. The predicted octanol–water partition coefficient (Wildman–Crippen LogP) is 4.99. The molecular weight excluding hydrogens is 402 g/mol. The van der Waals surface area contributed by atoms with Gasteiger partial charge in [-0.05, 0) is 35.9 Å². The van der Waals surface area contributed by atoms with Gasteiger partial charge in [0.1, 0.15) is 5.65 Å². The van der Waals surface area contributed by atoms with Crippen molar-refractivity contribution in [1.82, 2.24) is 14.7 Å². The lowest BCUT2D eigenvalue weighted by atomic mass is 10.2. The first-order valence-corrected chi connectivity index (χ1v) is 8.44. The summed E-state index contributed by atoms with van der Waals surface area (Å²) in [6.45, 7) is 0.0700. The molecule has 0 spiro atoms. The van der Waals surface area contributed by atoms with E-state index in [0.717, 1.165) is 12.3 Å². The maximum Gasteiger partial charge on any atom is 0.417 e. The van der Waals surface area contributed by atoms with Crippen molar-refractivity contribution in [3.63, 3.8) is 0 Å². The highest BCUT2D eigenvalue weighted by Gasteiger charge is 2.30. The number of hydrogen-bond donors (Lipinski definition) is 1. The molecule has 0 saturated heterocycles. The second-order valence-electron chi connectivity index (χ2n) is 5.63. The van der Waals surface area contributed by atoms with Gasteiger partial charge in [0.15, 0.2) is 0 Å². The Kier molecular flexibility index (Phi) is 5.43. The molecule has 0 aliphatic rings. The Labute approximate surface area is 162 Å². The summed E-state index contributed by atoms with van der Waals surface area (Å²) < 4.78 is 39.5. The minimum absolute atomic E-state index is 0.0700. The van der Waals surface area contributed by atoms with Gasteiger partial charge in [-0.3, -0.25) is 4.79 Å². The smallest absolute Gasteiger partial charge is 0.347 e. The number of amides is 1. The van der Waals surface area contributed by atoms with Crippen LogP contribution in [0.3, 0.4) is 0 Å². The van der Waals surface area contributed by atoms with Crippen LogP contribution in [0.4, 0.5) is 13.2 Å². The molecule has 9 heteroatoms. The average molecular weight is 414 g/mol.